The number of nitrogens with zero attached hydrogens (tertiary/aromatic N) is 1. The minimum absolute atomic E-state index is 0.109. The van der Waals surface area contributed by atoms with Crippen molar-refractivity contribution in [3.63, 3.8) is 0 Å². The molecule has 0 radical (unpaired) electrons. The monoisotopic (exact) mass is 309 g/mol. The van der Waals surface area contributed by atoms with E-state index >= 15 is 0 Å². The number of H-pyrrole nitrogens is 1. The molecule has 0 atom stereocenters. The summed E-state index contributed by atoms with van der Waals surface area (Å²) >= 11 is 1.11. The number of rotatable bonds is 5. The number of carbonyl (C=O) groups excluding carboxylic acids is 1. The Morgan fingerprint density at radius 2 is 2.19 bits per heavy atom. The van der Waals surface area contributed by atoms with Crippen LogP contribution in [0.15, 0.2) is 40.3 Å². The van der Waals surface area contributed by atoms with E-state index in [-0.39, 0.29) is 29.1 Å². The van der Waals surface area contributed by atoms with Gasteiger partial charge in [-0.2, -0.15) is 4.98 Å². The van der Waals surface area contributed by atoms with E-state index < -0.39 is 11.4 Å². The Hall–Kier alpha value is -2.35. The van der Waals surface area contributed by atoms with Gasteiger partial charge < -0.3 is 15.4 Å². The lowest BCUT2D eigenvalue weighted by atomic mass is 10.3. The Labute approximate surface area is 123 Å². The number of para-hydroxylation sites is 1. The van der Waals surface area contributed by atoms with E-state index in [9.17, 15) is 14.0 Å². The highest BCUT2D eigenvalue weighted by Gasteiger charge is 2.07. The van der Waals surface area contributed by atoms with Crippen molar-refractivity contribution < 1.29 is 14.3 Å². The van der Waals surface area contributed by atoms with Crippen LogP contribution >= 0.6 is 11.8 Å². The molecule has 8 heteroatoms. The zero-order valence-electron chi connectivity index (χ0n) is 10.8. The Balaban J connectivity index is 1.84. The SMILES string of the molecule is O=C(CCSc1nc(O)cc(=O)[nH]1)Nc1ccccc1F. The summed E-state index contributed by atoms with van der Waals surface area (Å²) < 4.78 is 13.3. The summed E-state index contributed by atoms with van der Waals surface area (Å²) in [5, 5.41) is 11.8. The van der Waals surface area contributed by atoms with Gasteiger partial charge in [-0.05, 0) is 12.1 Å². The maximum Gasteiger partial charge on any atom is 0.255 e. The van der Waals surface area contributed by atoms with Crippen LogP contribution in [0, 0.1) is 5.82 Å². The number of aromatic amines is 1. The van der Waals surface area contributed by atoms with Crippen LogP contribution in [0.3, 0.4) is 0 Å². The number of anilines is 1. The molecule has 1 amide bonds. The molecule has 0 fully saturated rings. The van der Waals surface area contributed by atoms with E-state index in [4.69, 9.17) is 5.11 Å². The van der Waals surface area contributed by atoms with Crippen LogP contribution in [-0.2, 0) is 4.79 Å². The zero-order chi connectivity index (χ0) is 15.2. The molecule has 6 nitrogen and oxygen atoms in total. The smallest absolute Gasteiger partial charge is 0.255 e. The van der Waals surface area contributed by atoms with Crippen molar-refractivity contribution in [2.75, 3.05) is 11.1 Å². The van der Waals surface area contributed by atoms with Crippen LogP contribution in [-0.4, -0.2) is 26.7 Å². The molecule has 0 saturated heterocycles. The number of amides is 1. The van der Waals surface area contributed by atoms with E-state index in [1.165, 1.54) is 18.2 Å². The van der Waals surface area contributed by atoms with Crippen LogP contribution in [0.1, 0.15) is 6.42 Å². The van der Waals surface area contributed by atoms with Gasteiger partial charge in [-0.15, -0.1) is 0 Å². The fourth-order valence-corrected chi connectivity index (χ4v) is 2.32. The first-order valence-corrected chi connectivity index (χ1v) is 7.00. The minimum atomic E-state index is -0.502. The second-order valence-electron chi connectivity index (χ2n) is 4.04. The lowest BCUT2D eigenvalue weighted by molar-refractivity contribution is -0.115. The Morgan fingerprint density at radius 1 is 1.43 bits per heavy atom. The van der Waals surface area contributed by atoms with E-state index in [0.717, 1.165) is 17.8 Å². The number of nitrogens with one attached hydrogen (secondary N) is 2. The van der Waals surface area contributed by atoms with Gasteiger partial charge in [-0.25, -0.2) is 4.39 Å². The largest absolute Gasteiger partial charge is 0.493 e. The molecular formula is C13H12FN3O3S. The van der Waals surface area contributed by atoms with Crippen molar-refractivity contribution in [3.05, 3.63) is 46.5 Å². The standard InChI is InChI=1S/C13H12FN3O3S/c14-8-3-1-2-4-9(8)15-10(18)5-6-21-13-16-11(19)7-12(20)17-13/h1-4,7H,5-6H2,(H,15,18)(H2,16,17,19,20). The first-order chi connectivity index (χ1) is 10.0. The molecule has 2 aromatic rings. The molecule has 1 aromatic carbocycles. The summed E-state index contributed by atoms with van der Waals surface area (Å²) in [6, 6.07) is 6.83. The molecule has 110 valence electrons. The maximum atomic E-state index is 13.3. The number of thioether (sulfide) groups is 1. The number of hydrogen-bond donors (Lipinski definition) is 3. The van der Waals surface area contributed by atoms with Crippen molar-refractivity contribution in [2.24, 2.45) is 0 Å². The lowest BCUT2D eigenvalue weighted by Crippen LogP contribution is -2.13. The van der Waals surface area contributed by atoms with Gasteiger partial charge in [0, 0.05) is 12.2 Å². The van der Waals surface area contributed by atoms with Gasteiger partial charge in [0.25, 0.3) is 5.56 Å². The number of hydrogen-bond acceptors (Lipinski definition) is 5. The summed E-state index contributed by atoms with van der Waals surface area (Å²) in [5.41, 5.74) is -0.350. The second-order valence-corrected chi connectivity index (χ2v) is 5.12. The molecule has 0 aliphatic heterocycles. The summed E-state index contributed by atoms with van der Waals surface area (Å²) in [6.45, 7) is 0. The lowest BCUT2D eigenvalue weighted by Gasteiger charge is -2.05. The highest BCUT2D eigenvalue weighted by molar-refractivity contribution is 7.99. The molecular weight excluding hydrogens is 297 g/mol. The molecule has 0 aliphatic carbocycles. The van der Waals surface area contributed by atoms with Gasteiger partial charge in [-0.3, -0.25) is 9.59 Å². The molecule has 2 rings (SSSR count). The number of carbonyl (C=O) groups is 1. The normalized spacial score (nSPS) is 10.3. The number of aromatic nitrogens is 2. The Kier molecular flexibility index (Phi) is 4.94. The van der Waals surface area contributed by atoms with Gasteiger partial charge in [0.05, 0.1) is 11.8 Å². The third-order valence-corrected chi connectivity index (χ3v) is 3.30. The van der Waals surface area contributed by atoms with Crippen molar-refractivity contribution in [1.29, 1.82) is 0 Å². The summed E-state index contributed by atoms with van der Waals surface area (Å²) in [7, 11) is 0. The van der Waals surface area contributed by atoms with Gasteiger partial charge in [0.15, 0.2) is 5.16 Å². The quantitative estimate of drug-likeness (QED) is 0.577. The van der Waals surface area contributed by atoms with Crippen molar-refractivity contribution in [1.82, 2.24) is 9.97 Å². The van der Waals surface area contributed by atoms with Crippen LogP contribution in [0.4, 0.5) is 10.1 Å². The van der Waals surface area contributed by atoms with E-state index in [1.54, 1.807) is 6.07 Å². The third-order valence-electron chi connectivity index (χ3n) is 2.42. The predicted octanol–water partition coefficient (Wildman–Crippen LogP) is 1.74. The first kappa shape index (κ1) is 15.0. The minimum Gasteiger partial charge on any atom is -0.493 e. The van der Waals surface area contributed by atoms with Crippen LogP contribution < -0.4 is 10.9 Å². The molecule has 0 unspecified atom stereocenters. The fourth-order valence-electron chi connectivity index (χ4n) is 1.51. The second kappa shape index (κ2) is 6.89. The Bertz CT molecular complexity index is 705. The molecule has 0 bridgehead atoms. The van der Waals surface area contributed by atoms with Crippen LogP contribution in [0.5, 0.6) is 5.88 Å². The first-order valence-electron chi connectivity index (χ1n) is 6.02. The third kappa shape index (κ3) is 4.60. The molecule has 1 heterocycles. The Morgan fingerprint density at radius 3 is 2.90 bits per heavy atom. The number of halogens is 1. The van der Waals surface area contributed by atoms with Gasteiger partial charge >= 0.3 is 0 Å². The summed E-state index contributed by atoms with van der Waals surface area (Å²) in [6.07, 6.45) is 0.109. The highest BCUT2D eigenvalue weighted by atomic mass is 32.2. The fraction of sp³-hybridized carbons (Fsp3) is 0.154. The van der Waals surface area contributed by atoms with E-state index in [2.05, 4.69) is 15.3 Å². The van der Waals surface area contributed by atoms with Crippen molar-refractivity contribution in [2.45, 2.75) is 11.6 Å². The average Bonchev–Trinajstić information content (AvgIpc) is 2.40. The number of benzene rings is 1. The maximum absolute atomic E-state index is 13.3. The summed E-state index contributed by atoms with van der Waals surface area (Å²) in [5.74, 6) is -0.906. The van der Waals surface area contributed by atoms with Gasteiger partial charge in [0.2, 0.25) is 11.8 Å². The van der Waals surface area contributed by atoms with E-state index in [0.29, 0.717) is 5.75 Å². The van der Waals surface area contributed by atoms with Gasteiger partial charge in [0.1, 0.15) is 5.82 Å². The average molecular weight is 309 g/mol. The molecule has 0 saturated carbocycles. The molecule has 21 heavy (non-hydrogen) atoms. The van der Waals surface area contributed by atoms with Gasteiger partial charge in [-0.1, -0.05) is 23.9 Å². The van der Waals surface area contributed by atoms with E-state index in [1.807, 2.05) is 0 Å². The number of aromatic hydroxyl groups is 1. The molecule has 3 N–H and O–H groups in total. The predicted molar refractivity (Wildman–Crippen MR) is 76.9 cm³/mol. The topological polar surface area (TPSA) is 95.1 Å². The van der Waals surface area contributed by atoms with Crippen molar-refractivity contribution >= 4 is 23.4 Å². The van der Waals surface area contributed by atoms with Crippen LogP contribution in [0.2, 0.25) is 0 Å². The molecule has 0 spiro atoms. The highest BCUT2D eigenvalue weighted by Crippen LogP contribution is 2.16. The molecule has 1 aromatic heterocycles. The van der Waals surface area contributed by atoms with Crippen LogP contribution in [0.25, 0.3) is 0 Å². The molecule has 0 aliphatic rings. The zero-order valence-corrected chi connectivity index (χ0v) is 11.6. The van der Waals surface area contributed by atoms with Crippen molar-refractivity contribution in [3.8, 4) is 5.88 Å². The summed E-state index contributed by atoms with van der Waals surface area (Å²) in [4.78, 5) is 28.9.